The van der Waals surface area contributed by atoms with E-state index in [1.165, 1.54) is 11.3 Å². The van der Waals surface area contributed by atoms with Gasteiger partial charge in [0, 0.05) is 25.8 Å². The second kappa shape index (κ2) is 8.03. The molecule has 0 saturated carbocycles. The van der Waals surface area contributed by atoms with Gasteiger partial charge in [-0.25, -0.2) is 9.50 Å². The molecule has 28 heavy (non-hydrogen) atoms. The van der Waals surface area contributed by atoms with Crippen molar-refractivity contribution in [2.45, 2.75) is 32.5 Å². The molecule has 0 aliphatic carbocycles. The summed E-state index contributed by atoms with van der Waals surface area (Å²) in [6.07, 6.45) is 3.63. The number of pyridine rings is 1. The van der Waals surface area contributed by atoms with Crippen LogP contribution in [0.3, 0.4) is 0 Å². The van der Waals surface area contributed by atoms with Crippen LogP contribution in [-0.4, -0.2) is 55.4 Å². The lowest BCUT2D eigenvalue weighted by Gasteiger charge is -2.34. The van der Waals surface area contributed by atoms with Gasteiger partial charge in [-0.15, -0.1) is 0 Å². The van der Waals surface area contributed by atoms with E-state index in [4.69, 9.17) is 0 Å². The van der Waals surface area contributed by atoms with Crippen LogP contribution in [0.1, 0.15) is 22.8 Å². The standard InChI is InChI=1S/C18H21N7O2S/c1-12-23-25-11-14(22-18(25)28-12)9-21-16(26)8-15-17(27)20-6-7-24(15)10-13-4-2-3-5-19-13/h2-5,11,15H,6-10H2,1H3,(H,20,27)(H,21,26)/t15-/m1/s1. The Balaban J connectivity index is 1.36. The molecule has 2 N–H and O–H groups in total. The van der Waals surface area contributed by atoms with E-state index in [1.807, 2.05) is 30.0 Å². The van der Waals surface area contributed by atoms with Gasteiger partial charge in [-0.2, -0.15) is 5.10 Å². The van der Waals surface area contributed by atoms with E-state index in [0.29, 0.717) is 26.2 Å². The summed E-state index contributed by atoms with van der Waals surface area (Å²) in [6.45, 7) is 4.02. The average molecular weight is 399 g/mol. The number of aromatic nitrogens is 4. The summed E-state index contributed by atoms with van der Waals surface area (Å²) < 4.78 is 1.71. The van der Waals surface area contributed by atoms with Crippen molar-refractivity contribution in [1.29, 1.82) is 0 Å². The minimum absolute atomic E-state index is 0.0955. The maximum Gasteiger partial charge on any atom is 0.237 e. The lowest BCUT2D eigenvalue weighted by molar-refractivity contribution is -0.134. The Kier molecular flexibility index (Phi) is 5.31. The maximum absolute atomic E-state index is 12.5. The van der Waals surface area contributed by atoms with E-state index in [-0.39, 0.29) is 18.2 Å². The van der Waals surface area contributed by atoms with Gasteiger partial charge >= 0.3 is 0 Å². The summed E-state index contributed by atoms with van der Waals surface area (Å²) in [6, 6.07) is 5.18. The van der Waals surface area contributed by atoms with Crippen molar-refractivity contribution in [3.63, 3.8) is 0 Å². The quantitative estimate of drug-likeness (QED) is 0.626. The number of amides is 2. The fraction of sp³-hybridized carbons (Fsp3) is 0.389. The summed E-state index contributed by atoms with van der Waals surface area (Å²) >= 11 is 1.50. The molecule has 4 rings (SSSR count). The summed E-state index contributed by atoms with van der Waals surface area (Å²) in [7, 11) is 0. The molecule has 1 atom stereocenters. The fourth-order valence-electron chi connectivity index (χ4n) is 3.24. The minimum atomic E-state index is -0.509. The normalized spacial score (nSPS) is 17.6. The third kappa shape index (κ3) is 4.18. The molecule has 9 nitrogen and oxygen atoms in total. The van der Waals surface area contributed by atoms with Crippen molar-refractivity contribution in [3.8, 4) is 0 Å². The van der Waals surface area contributed by atoms with Crippen LogP contribution in [0.2, 0.25) is 0 Å². The minimum Gasteiger partial charge on any atom is -0.353 e. The predicted octanol–water partition coefficient (Wildman–Crippen LogP) is 0.501. The number of hydrogen-bond donors (Lipinski definition) is 2. The summed E-state index contributed by atoms with van der Waals surface area (Å²) in [5.74, 6) is -0.312. The Bertz CT molecular complexity index is 953. The van der Waals surface area contributed by atoms with Gasteiger partial charge in [-0.1, -0.05) is 17.4 Å². The molecule has 1 saturated heterocycles. The van der Waals surface area contributed by atoms with E-state index >= 15 is 0 Å². The van der Waals surface area contributed by atoms with Gasteiger partial charge in [-0.05, 0) is 19.1 Å². The average Bonchev–Trinajstić information content (AvgIpc) is 3.20. The second-order valence-corrected chi connectivity index (χ2v) is 7.82. The first-order valence-corrected chi connectivity index (χ1v) is 9.90. The highest BCUT2D eigenvalue weighted by molar-refractivity contribution is 7.16. The second-order valence-electron chi connectivity index (χ2n) is 6.66. The Labute approximate surface area is 165 Å². The third-order valence-corrected chi connectivity index (χ3v) is 5.41. The highest BCUT2D eigenvalue weighted by Crippen LogP contribution is 2.14. The van der Waals surface area contributed by atoms with Crippen LogP contribution in [0.5, 0.6) is 0 Å². The maximum atomic E-state index is 12.5. The predicted molar refractivity (Wildman–Crippen MR) is 104 cm³/mol. The number of fused-ring (bicyclic) bond motifs is 1. The molecule has 1 aliphatic heterocycles. The largest absolute Gasteiger partial charge is 0.353 e. The van der Waals surface area contributed by atoms with Crippen molar-refractivity contribution in [3.05, 3.63) is 47.0 Å². The van der Waals surface area contributed by atoms with E-state index in [0.717, 1.165) is 21.4 Å². The highest BCUT2D eigenvalue weighted by Gasteiger charge is 2.31. The zero-order valence-electron chi connectivity index (χ0n) is 15.5. The number of carbonyl (C=O) groups excluding carboxylic acids is 2. The van der Waals surface area contributed by atoms with Gasteiger partial charge < -0.3 is 10.6 Å². The molecular weight excluding hydrogens is 378 g/mol. The molecule has 1 fully saturated rings. The monoisotopic (exact) mass is 399 g/mol. The zero-order chi connectivity index (χ0) is 19.5. The van der Waals surface area contributed by atoms with E-state index in [1.54, 1.807) is 16.9 Å². The number of rotatable bonds is 6. The molecule has 1 aliphatic rings. The van der Waals surface area contributed by atoms with Gasteiger partial charge in [0.05, 0.1) is 36.6 Å². The van der Waals surface area contributed by atoms with Crippen LogP contribution in [0.25, 0.3) is 4.96 Å². The molecule has 3 aromatic heterocycles. The number of hydrogen-bond acceptors (Lipinski definition) is 7. The van der Waals surface area contributed by atoms with Crippen LogP contribution in [-0.2, 0) is 22.7 Å². The van der Waals surface area contributed by atoms with Gasteiger partial charge in [0.15, 0.2) is 0 Å². The molecule has 0 radical (unpaired) electrons. The molecular formula is C18H21N7O2S. The van der Waals surface area contributed by atoms with Crippen LogP contribution in [0, 0.1) is 6.92 Å². The van der Waals surface area contributed by atoms with E-state index < -0.39 is 6.04 Å². The lowest BCUT2D eigenvalue weighted by atomic mass is 10.1. The van der Waals surface area contributed by atoms with Crippen LogP contribution in [0.15, 0.2) is 30.6 Å². The molecule has 4 heterocycles. The first-order valence-electron chi connectivity index (χ1n) is 9.08. The number of piperazine rings is 1. The summed E-state index contributed by atoms with van der Waals surface area (Å²) in [5, 5.41) is 10.9. The smallest absolute Gasteiger partial charge is 0.237 e. The molecule has 3 aromatic rings. The summed E-state index contributed by atoms with van der Waals surface area (Å²) in [5.41, 5.74) is 1.62. The molecule has 0 spiro atoms. The van der Waals surface area contributed by atoms with E-state index in [9.17, 15) is 9.59 Å². The number of nitrogens with one attached hydrogen (secondary N) is 2. The van der Waals surface area contributed by atoms with Crippen LogP contribution < -0.4 is 10.6 Å². The molecule has 2 amide bonds. The van der Waals surface area contributed by atoms with Crippen molar-refractivity contribution >= 4 is 28.1 Å². The lowest BCUT2D eigenvalue weighted by Crippen LogP contribution is -2.56. The highest BCUT2D eigenvalue weighted by atomic mass is 32.1. The summed E-state index contributed by atoms with van der Waals surface area (Å²) in [4.78, 5) is 36.4. The molecule has 10 heteroatoms. The first-order chi connectivity index (χ1) is 13.6. The molecule has 146 valence electrons. The van der Waals surface area contributed by atoms with Crippen LogP contribution >= 0.6 is 11.3 Å². The zero-order valence-corrected chi connectivity index (χ0v) is 16.3. The third-order valence-electron chi connectivity index (χ3n) is 4.57. The van der Waals surface area contributed by atoms with Gasteiger partial charge in [0.25, 0.3) is 0 Å². The number of imidazole rings is 1. The Morgan fingerprint density at radius 3 is 3.07 bits per heavy atom. The molecule has 0 aromatic carbocycles. The Hall–Kier alpha value is -2.85. The van der Waals surface area contributed by atoms with Gasteiger partial charge in [0.1, 0.15) is 5.01 Å². The molecule has 0 unspecified atom stereocenters. The SMILES string of the molecule is Cc1nn2cc(CNC(=O)C[C@@H]3C(=O)NCCN3Cc3ccccn3)nc2s1. The Morgan fingerprint density at radius 1 is 1.39 bits per heavy atom. The molecule has 0 bridgehead atoms. The van der Waals surface area contributed by atoms with Crippen molar-refractivity contribution in [1.82, 2.24) is 35.1 Å². The number of carbonyl (C=O) groups is 2. The first kappa shape index (κ1) is 18.5. The topological polar surface area (TPSA) is 105 Å². The van der Waals surface area contributed by atoms with Gasteiger partial charge in [0.2, 0.25) is 16.8 Å². The fourth-order valence-corrected chi connectivity index (χ4v) is 3.98. The van der Waals surface area contributed by atoms with Crippen molar-refractivity contribution in [2.75, 3.05) is 13.1 Å². The van der Waals surface area contributed by atoms with Crippen molar-refractivity contribution < 1.29 is 9.59 Å². The van der Waals surface area contributed by atoms with Crippen LogP contribution in [0.4, 0.5) is 0 Å². The van der Waals surface area contributed by atoms with Gasteiger partial charge in [-0.3, -0.25) is 19.5 Å². The Morgan fingerprint density at radius 2 is 2.29 bits per heavy atom. The number of aryl methyl sites for hydroxylation is 1. The number of nitrogens with zero attached hydrogens (tertiary/aromatic N) is 5. The van der Waals surface area contributed by atoms with Crippen molar-refractivity contribution in [2.24, 2.45) is 0 Å². The van der Waals surface area contributed by atoms with E-state index in [2.05, 4.69) is 25.7 Å².